The molecule has 0 radical (unpaired) electrons. The molecule has 0 spiro atoms. The van der Waals surface area contributed by atoms with E-state index in [1.807, 2.05) is 81.4 Å². The predicted octanol–water partition coefficient (Wildman–Crippen LogP) is 6.01. The number of methoxy groups -OCH3 is 1. The quantitative estimate of drug-likeness (QED) is 0.502. The predicted molar refractivity (Wildman–Crippen MR) is 134 cm³/mol. The number of hydrogen-bond donors (Lipinski definition) is 1. The number of ether oxygens (including phenoxy) is 2. The van der Waals surface area contributed by atoms with Crippen molar-refractivity contribution in [1.29, 1.82) is 0 Å². The van der Waals surface area contributed by atoms with Gasteiger partial charge in [-0.15, -0.1) is 0 Å². The van der Waals surface area contributed by atoms with Gasteiger partial charge in [0, 0.05) is 42.4 Å². The van der Waals surface area contributed by atoms with Crippen molar-refractivity contribution in [3.05, 3.63) is 66.5 Å². The van der Waals surface area contributed by atoms with E-state index in [9.17, 15) is 4.79 Å². The van der Waals surface area contributed by atoms with Crippen molar-refractivity contribution in [3.8, 4) is 17.0 Å². The number of piperidine rings is 1. The zero-order chi connectivity index (χ0) is 24.1. The molecule has 1 aromatic heterocycles. The Morgan fingerprint density at radius 2 is 1.85 bits per heavy atom. The van der Waals surface area contributed by atoms with Gasteiger partial charge in [-0.1, -0.05) is 36.4 Å². The molecule has 0 saturated carbocycles. The Morgan fingerprint density at radius 3 is 2.59 bits per heavy atom. The Balaban J connectivity index is 1.64. The van der Waals surface area contributed by atoms with Crippen LogP contribution in [0, 0.1) is 0 Å². The third-order valence-corrected chi connectivity index (χ3v) is 5.59. The van der Waals surface area contributed by atoms with Gasteiger partial charge in [-0.2, -0.15) is 0 Å². The Kier molecular flexibility index (Phi) is 7.01. The van der Waals surface area contributed by atoms with Crippen molar-refractivity contribution in [2.24, 2.45) is 0 Å². The summed E-state index contributed by atoms with van der Waals surface area (Å²) >= 11 is 0. The molecule has 178 valence electrons. The average molecular weight is 461 g/mol. The fourth-order valence-corrected chi connectivity index (χ4v) is 4.00. The second-order valence-electron chi connectivity index (χ2n) is 9.49. The second-order valence-corrected chi connectivity index (χ2v) is 9.49. The summed E-state index contributed by atoms with van der Waals surface area (Å²) in [5.41, 5.74) is 2.20. The monoisotopic (exact) mass is 460 g/mol. The van der Waals surface area contributed by atoms with Gasteiger partial charge in [-0.05, 0) is 45.7 Å². The topological polar surface area (TPSA) is 76.6 Å². The first-order valence-electron chi connectivity index (χ1n) is 11.6. The maximum Gasteiger partial charge on any atom is 0.410 e. The van der Waals surface area contributed by atoms with Crippen LogP contribution in [-0.4, -0.2) is 46.8 Å². The molecule has 4 rings (SSSR count). The minimum atomic E-state index is -0.526. The van der Waals surface area contributed by atoms with Crippen LogP contribution in [0.4, 0.5) is 16.3 Å². The lowest BCUT2D eigenvalue weighted by atomic mass is 9.97. The highest BCUT2D eigenvalue weighted by Crippen LogP contribution is 2.30. The summed E-state index contributed by atoms with van der Waals surface area (Å²) in [4.78, 5) is 24.2. The smallest absolute Gasteiger partial charge is 0.410 e. The van der Waals surface area contributed by atoms with Gasteiger partial charge in [0.1, 0.15) is 23.0 Å². The molecule has 2 aromatic carbocycles. The van der Waals surface area contributed by atoms with E-state index in [0.29, 0.717) is 18.9 Å². The molecule has 3 aromatic rings. The molecule has 0 bridgehead atoms. The number of carbonyl (C=O) groups excluding carboxylic acids is 1. The number of amides is 1. The molecule has 1 N–H and O–H groups in total. The van der Waals surface area contributed by atoms with E-state index in [0.717, 1.165) is 41.4 Å². The fraction of sp³-hybridized carbons (Fsp3) is 0.370. The van der Waals surface area contributed by atoms with E-state index in [1.165, 1.54) is 0 Å². The van der Waals surface area contributed by atoms with Crippen LogP contribution in [0.1, 0.15) is 45.4 Å². The minimum absolute atomic E-state index is 0.0239. The van der Waals surface area contributed by atoms with Crippen LogP contribution in [0.5, 0.6) is 5.75 Å². The van der Waals surface area contributed by atoms with Crippen molar-refractivity contribution in [2.75, 3.05) is 25.5 Å². The zero-order valence-corrected chi connectivity index (χ0v) is 20.2. The second kappa shape index (κ2) is 10.1. The molecule has 2 heterocycles. The number of anilines is 2. The van der Waals surface area contributed by atoms with E-state index in [-0.39, 0.29) is 12.0 Å². The summed E-state index contributed by atoms with van der Waals surface area (Å²) in [5, 5.41) is 3.40. The molecule has 1 saturated heterocycles. The van der Waals surface area contributed by atoms with Gasteiger partial charge in [0.2, 0.25) is 0 Å². The van der Waals surface area contributed by atoms with Gasteiger partial charge >= 0.3 is 6.09 Å². The van der Waals surface area contributed by atoms with Gasteiger partial charge in [0.25, 0.3) is 0 Å². The van der Waals surface area contributed by atoms with Crippen LogP contribution < -0.4 is 10.1 Å². The SMILES string of the molecule is COc1cccc(Nc2cc(-c3ccccc3)nc([C@H]3CCCN(C(=O)OC(C)(C)C)C3)n2)c1. The molecule has 7 nitrogen and oxygen atoms in total. The molecule has 1 aliphatic heterocycles. The van der Waals surface area contributed by atoms with Crippen LogP contribution in [0.3, 0.4) is 0 Å². The van der Waals surface area contributed by atoms with Gasteiger partial charge < -0.3 is 19.7 Å². The van der Waals surface area contributed by atoms with Gasteiger partial charge in [0.15, 0.2) is 0 Å². The maximum absolute atomic E-state index is 12.7. The van der Waals surface area contributed by atoms with Crippen LogP contribution in [0.25, 0.3) is 11.3 Å². The number of likely N-dealkylation sites (tertiary alicyclic amines) is 1. The Morgan fingerprint density at radius 1 is 1.06 bits per heavy atom. The molecule has 1 aliphatic rings. The minimum Gasteiger partial charge on any atom is -0.497 e. The number of aromatic nitrogens is 2. The molecule has 1 fully saturated rings. The lowest BCUT2D eigenvalue weighted by molar-refractivity contribution is 0.0196. The van der Waals surface area contributed by atoms with E-state index in [1.54, 1.807) is 12.0 Å². The van der Waals surface area contributed by atoms with Crippen LogP contribution >= 0.6 is 0 Å². The summed E-state index contributed by atoms with van der Waals surface area (Å²) in [6, 6.07) is 19.7. The normalized spacial score (nSPS) is 16.1. The maximum atomic E-state index is 12.7. The first-order chi connectivity index (χ1) is 16.3. The highest BCUT2D eigenvalue weighted by atomic mass is 16.6. The molecule has 7 heteroatoms. The Hall–Kier alpha value is -3.61. The standard InChI is InChI=1S/C27H32N4O3/c1-27(2,3)34-26(32)31-15-9-12-20(18-31)25-29-23(19-10-6-5-7-11-19)17-24(30-25)28-21-13-8-14-22(16-21)33-4/h5-8,10-11,13-14,16-17,20H,9,12,15,18H2,1-4H3,(H,28,29,30)/t20-/m0/s1. The summed E-state index contributed by atoms with van der Waals surface area (Å²) in [6.45, 7) is 6.87. The third kappa shape index (κ3) is 6.04. The van der Waals surface area contributed by atoms with Crippen LogP contribution in [-0.2, 0) is 4.74 Å². The number of nitrogens with zero attached hydrogens (tertiary/aromatic N) is 3. The fourth-order valence-electron chi connectivity index (χ4n) is 4.00. The van der Waals surface area contributed by atoms with Crippen molar-refractivity contribution in [1.82, 2.24) is 14.9 Å². The summed E-state index contributed by atoms with van der Waals surface area (Å²) in [7, 11) is 1.65. The molecule has 1 amide bonds. The summed E-state index contributed by atoms with van der Waals surface area (Å²) in [6.07, 6.45) is 1.50. The third-order valence-electron chi connectivity index (χ3n) is 5.59. The molecular formula is C27H32N4O3. The Labute approximate surface area is 201 Å². The molecule has 0 unspecified atom stereocenters. The van der Waals surface area contributed by atoms with E-state index in [4.69, 9.17) is 19.4 Å². The highest BCUT2D eigenvalue weighted by Gasteiger charge is 2.30. The Bertz CT molecular complexity index is 1130. The van der Waals surface area contributed by atoms with Gasteiger partial charge in [-0.3, -0.25) is 0 Å². The van der Waals surface area contributed by atoms with E-state index < -0.39 is 5.60 Å². The molecule has 1 atom stereocenters. The number of rotatable bonds is 5. The first kappa shape index (κ1) is 23.5. The van der Waals surface area contributed by atoms with Crippen molar-refractivity contribution in [2.45, 2.75) is 45.1 Å². The number of nitrogens with one attached hydrogen (secondary N) is 1. The van der Waals surface area contributed by atoms with Crippen LogP contribution in [0.2, 0.25) is 0 Å². The van der Waals surface area contributed by atoms with E-state index in [2.05, 4.69) is 5.32 Å². The largest absolute Gasteiger partial charge is 0.497 e. The van der Waals surface area contributed by atoms with Crippen molar-refractivity contribution < 1.29 is 14.3 Å². The first-order valence-corrected chi connectivity index (χ1v) is 11.6. The molecule has 0 aliphatic carbocycles. The number of hydrogen-bond acceptors (Lipinski definition) is 6. The summed E-state index contributed by atoms with van der Waals surface area (Å²) < 4.78 is 11.0. The van der Waals surface area contributed by atoms with Gasteiger partial charge in [-0.25, -0.2) is 14.8 Å². The van der Waals surface area contributed by atoms with Crippen molar-refractivity contribution in [3.63, 3.8) is 0 Å². The highest BCUT2D eigenvalue weighted by molar-refractivity contribution is 5.69. The average Bonchev–Trinajstić information content (AvgIpc) is 2.83. The zero-order valence-electron chi connectivity index (χ0n) is 20.2. The lowest BCUT2D eigenvalue weighted by Crippen LogP contribution is -2.42. The van der Waals surface area contributed by atoms with E-state index >= 15 is 0 Å². The summed E-state index contributed by atoms with van der Waals surface area (Å²) in [5.74, 6) is 2.21. The van der Waals surface area contributed by atoms with Crippen molar-refractivity contribution >= 4 is 17.6 Å². The number of carbonyl (C=O) groups is 1. The molecular weight excluding hydrogens is 428 g/mol. The van der Waals surface area contributed by atoms with Crippen LogP contribution in [0.15, 0.2) is 60.7 Å². The van der Waals surface area contributed by atoms with Gasteiger partial charge in [0.05, 0.1) is 12.8 Å². The number of benzene rings is 2. The molecule has 34 heavy (non-hydrogen) atoms. The lowest BCUT2D eigenvalue weighted by Gasteiger charge is -2.33.